The molecule has 4 heteroatoms. The number of nitrogens with two attached hydrogens (primary N) is 1. The minimum atomic E-state index is 0.474. The first kappa shape index (κ1) is 11.3. The second-order valence-corrected chi connectivity index (χ2v) is 3.22. The van der Waals surface area contributed by atoms with Crippen LogP contribution in [0, 0.1) is 11.3 Å². The quantitative estimate of drug-likeness (QED) is 0.472. The molecular weight excluding hydrogens is 210 g/mol. The Kier molecular flexibility index (Phi) is 3.90. The molecule has 0 radical (unpaired) electrons. The van der Waals surface area contributed by atoms with E-state index in [1.807, 2.05) is 6.07 Å². The number of benzene rings is 1. The van der Waals surface area contributed by atoms with Gasteiger partial charge in [0, 0.05) is 24.9 Å². The fraction of sp³-hybridized carbons (Fsp3) is 0.0909. The zero-order valence-corrected chi connectivity index (χ0v) is 8.99. The van der Waals surface area contributed by atoms with E-state index in [2.05, 4.69) is 4.99 Å². The van der Waals surface area contributed by atoms with Crippen molar-refractivity contribution in [3.05, 3.63) is 34.4 Å². The first-order valence-electron chi connectivity index (χ1n) is 4.27. The zero-order chi connectivity index (χ0) is 11.3. The van der Waals surface area contributed by atoms with Crippen LogP contribution in [0.2, 0.25) is 5.02 Å². The van der Waals surface area contributed by atoms with Crippen LogP contribution in [0.4, 0.5) is 5.69 Å². The van der Waals surface area contributed by atoms with Gasteiger partial charge in [0.25, 0.3) is 0 Å². The van der Waals surface area contributed by atoms with Gasteiger partial charge in [-0.25, -0.2) is 0 Å². The maximum absolute atomic E-state index is 8.44. The molecule has 0 heterocycles. The third kappa shape index (κ3) is 2.58. The number of allylic oxidation sites excluding steroid dienone is 1. The monoisotopic (exact) mass is 219 g/mol. The van der Waals surface area contributed by atoms with Crippen LogP contribution in [0.1, 0.15) is 11.1 Å². The van der Waals surface area contributed by atoms with Crippen molar-refractivity contribution in [3.8, 4) is 6.07 Å². The Morgan fingerprint density at radius 1 is 1.53 bits per heavy atom. The summed E-state index contributed by atoms with van der Waals surface area (Å²) in [7, 11) is 1.65. The fourth-order valence-electron chi connectivity index (χ4n) is 1.17. The first-order valence-corrected chi connectivity index (χ1v) is 4.64. The van der Waals surface area contributed by atoms with E-state index in [4.69, 9.17) is 22.6 Å². The smallest absolute Gasteiger partial charge is 0.0912 e. The van der Waals surface area contributed by atoms with Crippen LogP contribution >= 0.6 is 11.6 Å². The van der Waals surface area contributed by atoms with Gasteiger partial charge in [0.15, 0.2) is 0 Å². The molecule has 0 atom stereocenters. The lowest BCUT2D eigenvalue weighted by atomic mass is 10.1. The second kappa shape index (κ2) is 5.18. The van der Waals surface area contributed by atoms with Crippen LogP contribution in [-0.4, -0.2) is 13.3 Å². The molecule has 76 valence electrons. The van der Waals surface area contributed by atoms with Crippen molar-refractivity contribution < 1.29 is 0 Å². The molecule has 1 aromatic carbocycles. The molecular formula is C11H10ClN3. The molecule has 1 aromatic rings. The van der Waals surface area contributed by atoms with Crippen molar-refractivity contribution in [2.75, 3.05) is 12.8 Å². The van der Waals surface area contributed by atoms with Crippen LogP contribution in [0.15, 0.2) is 23.2 Å². The maximum atomic E-state index is 8.44. The number of hydrogen-bond donors (Lipinski definition) is 1. The van der Waals surface area contributed by atoms with Crippen LogP contribution in [0.25, 0.3) is 6.08 Å². The lowest BCUT2D eigenvalue weighted by Crippen LogP contribution is -1.97. The van der Waals surface area contributed by atoms with E-state index < -0.39 is 0 Å². The predicted molar refractivity (Wildman–Crippen MR) is 64.0 cm³/mol. The van der Waals surface area contributed by atoms with Gasteiger partial charge >= 0.3 is 0 Å². The molecule has 0 fully saturated rings. The number of nitrogen functional groups attached to an aromatic ring is 1. The summed E-state index contributed by atoms with van der Waals surface area (Å²) in [5.41, 5.74) is 7.83. The standard InChI is InChI=1S/C11H10ClN3/c1-15-7-9-8(3-2-6-13)4-5-10(12)11(9)14/h2-5,7H,14H2,1H3/b3-2+,15-7?. The summed E-state index contributed by atoms with van der Waals surface area (Å²) in [5, 5.41) is 8.93. The van der Waals surface area contributed by atoms with Crippen molar-refractivity contribution >= 4 is 29.6 Å². The number of halogens is 1. The Labute approximate surface area is 93.5 Å². The molecule has 0 aliphatic heterocycles. The van der Waals surface area contributed by atoms with Gasteiger partial charge < -0.3 is 5.73 Å². The SMILES string of the molecule is CN=Cc1c(/C=C/C#N)ccc(Cl)c1N. The molecule has 0 aliphatic rings. The van der Waals surface area contributed by atoms with E-state index in [9.17, 15) is 0 Å². The van der Waals surface area contributed by atoms with Crippen molar-refractivity contribution in [1.29, 1.82) is 5.26 Å². The number of nitriles is 1. The van der Waals surface area contributed by atoms with Crippen LogP contribution in [0.3, 0.4) is 0 Å². The van der Waals surface area contributed by atoms with E-state index in [-0.39, 0.29) is 0 Å². The molecule has 0 saturated carbocycles. The molecule has 0 aromatic heterocycles. The van der Waals surface area contributed by atoms with Crippen molar-refractivity contribution in [2.24, 2.45) is 4.99 Å². The highest BCUT2D eigenvalue weighted by Crippen LogP contribution is 2.25. The average Bonchev–Trinajstić information content (AvgIpc) is 2.24. The Balaban J connectivity index is 3.34. The van der Waals surface area contributed by atoms with E-state index in [0.717, 1.165) is 11.1 Å². The predicted octanol–water partition coefficient (Wildman–Crippen LogP) is 2.51. The summed E-state index contributed by atoms with van der Waals surface area (Å²) in [6.45, 7) is 0. The second-order valence-electron chi connectivity index (χ2n) is 2.81. The van der Waals surface area contributed by atoms with Gasteiger partial charge in [0.2, 0.25) is 0 Å². The third-order valence-electron chi connectivity index (χ3n) is 1.86. The highest BCUT2D eigenvalue weighted by Gasteiger charge is 2.05. The summed E-state index contributed by atoms with van der Waals surface area (Å²) in [5.74, 6) is 0. The van der Waals surface area contributed by atoms with E-state index >= 15 is 0 Å². The minimum absolute atomic E-state index is 0.474. The highest BCUT2D eigenvalue weighted by atomic mass is 35.5. The zero-order valence-electron chi connectivity index (χ0n) is 8.24. The number of rotatable bonds is 2. The van der Waals surface area contributed by atoms with Gasteiger partial charge in [-0.2, -0.15) is 5.26 Å². The molecule has 0 amide bonds. The highest BCUT2D eigenvalue weighted by molar-refractivity contribution is 6.33. The van der Waals surface area contributed by atoms with Gasteiger partial charge in [0.1, 0.15) is 0 Å². The Morgan fingerprint density at radius 2 is 2.27 bits per heavy atom. The van der Waals surface area contributed by atoms with Gasteiger partial charge in [-0.1, -0.05) is 17.7 Å². The summed E-state index contributed by atoms with van der Waals surface area (Å²) >= 11 is 5.88. The normalized spacial score (nSPS) is 11.0. The van der Waals surface area contributed by atoms with Gasteiger partial charge in [-0.3, -0.25) is 4.99 Å². The van der Waals surface area contributed by atoms with Crippen LogP contribution in [0.5, 0.6) is 0 Å². The average molecular weight is 220 g/mol. The molecule has 0 spiro atoms. The lowest BCUT2D eigenvalue weighted by Gasteiger charge is -2.06. The first-order chi connectivity index (χ1) is 7.20. The molecule has 0 saturated heterocycles. The van der Waals surface area contributed by atoms with E-state index in [0.29, 0.717) is 10.7 Å². The number of nitrogens with zero attached hydrogens (tertiary/aromatic N) is 2. The van der Waals surface area contributed by atoms with Gasteiger partial charge in [-0.15, -0.1) is 0 Å². The van der Waals surface area contributed by atoms with E-state index in [1.54, 1.807) is 31.5 Å². The molecule has 15 heavy (non-hydrogen) atoms. The molecule has 2 N–H and O–H groups in total. The topological polar surface area (TPSA) is 62.2 Å². The maximum Gasteiger partial charge on any atom is 0.0912 e. The van der Waals surface area contributed by atoms with Crippen molar-refractivity contribution in [1.82, 2.24) is 0 Å². The van der Waals surface area contributed by atoms with Gasteiger partial charge in [0.05, 0.1) is 16.8 Å². The van der Waals surface area contributed by atoms with Crippen molar-refractivity contribution in [2.45, 2.75) is 0 Å². The van der Waals surface area contributed by atoms with Gasteiger partial charge in [-0.05, 0) is 17.7 Å². The summed E-state index contributed by atoms with van der Waals surface area (Å²) in [6.07, 6.45) is 4.68. The number of hydrogen-bond acceptors (Lipinski definition) is 3. The summed E-state index contributed by atoms with van der Waals surface area (Å²) in [4.78, 5) is 3.90. The third-order valence-corrected chi connectivity index (χ3v) is 2.19. The summed E-state index contributed by atoms with van der Waals surface area (Å²) < 4.78 is 0. The summed E-state index contributed by atoms with van der Waals surface area (Å²) in [6, 6.07) is 5.41. The Hall–Kier alpha value is -1.79. The fourth-order valence-corrected chi connectivity index (χ4v) is 1.34. The van der Waals surface area contributed by atoms with E-state index in [1.165, 1.54) is 6.08 Å². The Bertz CT molecular complexity index is 456. The lowest BCUT2D eigenvalue weighted by molar-refractivity contribution is 1.46. The molecule has 3 nitrogen and oxygen atoms in total. The van der Waals surface area contributed by atoms with Crippen LogP contribution in [-0.2, 0) is 0 Å². The van der Waals surface area contributed by atoms with Crippen LogP contribution < -0.4 is 5.73 Å². The number of aliphatic imine (C=N–C) groups is 1. The molecule has 0 unspecified atom stereocenters. The van der Waals surface area contributed by atoms with Crippen molar-refractivity contribution in [3.63, 3.8) is 0 Å². The number of anilines is 1. The molecule has 0 aliphatic carbocycles. The minimum Gasteiger partial charge on any atom is -0.397 e. The largest absolute Gasteiger partial charge is 0.397 e. The Morgan fingerprint density at radius 3 is 2.87 bits per heavy atom. The molecule has 0 bridgehead atoms. The molecule has 1 rings (SSSR count).